The molecule has 15 amide bonds. The number of cyclic esters (lactones) is 1. The zero-order valence-electron chi connectivity index (χ0n) is 64.7. The van der Waals surface area contributed by atoms with Crippen molar-refractivity contribution in [2.75, 3.05) is 19.6 Å². The summed E-state index contributed by atoms with van der Waals surface area (Å²) in [5, 5.41) is 68.9. The van der Waals surface area contributed by atoms with Crippen molar-refractivity contribution in [1.29, 1.82) is 0 Å². The molecule has 0 aliphatic carbocycles. The van der Waals surface area contributed by atoms with Crippen LogP contribution in [0.25, 0.3) is 10.9 Å². The maximum absolute atomic E-state index is 14.7. The molecule has 632 valence electrons. The lowest BCUT2D eigenvalue weighted by atomic mass is 9.94. The lowest BCUT2D eigenvalue weighted by molar-refractivity contribution is -0.158. The zero-order chi connectivity index (χ0) is 85.6. The summed E-state index contributed by atoms with van der Waals surface area (Å²) in [4.78, 5) is 274. The Hall–Kier alpha value is -11.9. The van der Waals surface area contributed by atoms with Crippen molar-refractivity contribution < 1.29 is 121 Å². The summed E-state index contributed by atoms with van der Waals surface area (Å²) in [6, 6.07) is -14.8. The molecule has 2 heterocycles. The minimum absolute atomic E-state index is 0.00221. The van der Waals surface area contributed by atoms with Gasteiger partial charge in [0.15, 0.2) is 0 Å². The van der Waals surface area contributed by atoms with Gasteiger partial charge in [-0.2, -0.15) is 0 Å². The maximum Gasteiger partial charge on any atom is 0.329 e. The number of fused-ring (bicyclic) bond motifs is 1. The van der Waals surface area contributed by atoms with Crippen LogP contribution in [-0.4, -0.2) is 236 Å². The molecule has 114 heavy (non-hydrogen) atoms. The van der Waals surface area contributed by atoms with E-state index in [4.69, 9.17) is 21.9 Å². The average Bonchev–Trinajstić information content (AvgIpc) is 1.69. The second kappa shape index (κ2) is 48.8. The Morgan fingerprint density at radius 1 is 0.518 bits per heavy atom. The summed E-state index contributed by atoms with van der Waals surface area (Å²) in [7, 11) is 0. The van der Waals surface area contributed by atoms with Crippen molar-refractivity contribution >= 4 is 129 Å². The van der Waals surface area contributed by atoms with Crippen LogP contribution in [0.15, 0.2) is 30.5 Å². The molecule has 1 fully saturated rings. The molecule has 0 saturated carbocycles. The van der Waals surface area contributed by atoms with E-state index >= 15 is 0 Å². The highest BCUT2D eigenvalue weighted by atomic mass is 16.5. The molecular formula is C72H109N17O25. The van der Waals surface area contributed by atoms with Crippen molar-refractivity contribution in [3.63, 3.8) is 0 Å². The molecule has 1 saturated heterocycles. The number of carboxylic acids is 4. The molecule has 1 aliphatic heterocycles. The zero-order valence-corrected chi connectivity index (χ0v) is 64.7. The smallest absolute Gasteiger partial charge is 0.329 e. The number of carboxylic acid groups (broad SMARTS) is 4. The van der Waals surface area contributed by atoms with Crippen LogP contribution in [0.1, 0.15) is 170 Å². The summed E-state index contributed by atoms with van der Waals surface area (Å²) in [5.74, 6) is -29.3. The summed E-state index contributed by atoms with van der Waals surface area (Å²) in [5.41, 5.74) is 17.9. The lowest BCUT2D eigenvalue weighted by Gasteiger charge is -2.31. The summed E-state index contributed by atoms with van der Waals surface area (Å²) in [6.07, 6.45) is -0.520. The molecule has 42 heteroatoms. The van der Waals surface area contributed by atoms with Crippen molar-refractivity contribution in [2.24, 2.45) is 35.0 Å². The summed E-state index contributed by atoms with van der Waals surface area (Å²) >= 11 is 0. The molecule has 24 N–H and O–H groups in total. The number of aromatic amines is 1. The van der Waals surface area contributed by atoms with Gasteiger partial charge >= 0.3 is 29.8 Å². The molecule has 15 unspecified atom stereocenters. The Balaban J connectivity index is 2.21. The van der Waals surface area contributed by atoms with E-state index in [-0.39, 0.29) is 38.6 Å². The molecule has 0 spiro atoms. The number of esters is 1. The number of primary amides is 2. The molecule has 0 bridgehead atoms. The number of aromatic nitrogens is 1. The number of para-hydroxylation sites is 1. The third kappa shape index (κ3) is 34.4. The number of H-pyrrole nitrogens is 1. The van der Waals surface area contributed by atoms with Crippen LogP contribution in [0.4, 0.5) is 0 Å². The van der Waals surface area contributed by atoms with Gasteiger partial charge in [-0.3, -0.25) is 91.1 Å². The average molecular weight is 1610 g/mol. The lowest BCUT2D eigenvalue weighted by Crippen LogP contribution is -2.62. The Kier molecular flexibility index (Phi) is 41.2. The molecule has 15 atom stereocenters. The predicted octanol–water partition coefficient (Wildman–Crippen LogP) is -4.52. The van der Waals surface area contributed by atoms with E-state index in [1.165, 1.54) is 13.8 Å². The number of ether oxygens (including phenoxy) is 1. The van der Waals surface area contributed by atoms with Gasteiger partial charge in [0.2, 0.25) is 88.6 Å². The first kappa shape index (κ1) is 96.3. The van der Waals surface area contributed by atoms with Gasteiger partial charge in [-0.1, -0.05) is 104 Å². The van der Waals surface area contributed by atoms with E-state index in [1.807, 2.05) is 10.6 Å². The minimum atomic E-state index is -2.33. The highest BCUT2D eigenvalue weighted by molar-refractivity contribution is 6.02. The van der Waals surface area contributed by atoms with Gasteiger partial charge < -0.3 is 116 Å². The van der Waals surface area contributed by atoms with Gasteiger partial charge in [0.25, 0.3) is 0 Å². The van der Waals surface area contributed by atoms with Gasteiger partial charge in [-0.05, 0) is 69.0 Å². The molecule has 1 aliphatic rings. The van der Waals surface area contributed by atoms with E-state index < -0.39 is 254 Å². The van der Waals surface area contributed by atoms with Crippen molar-refractivity contribution in [3.05, 3.63) is 36.0 Å². The number of hydrogen-bond donors (Lipinski definition) is 21. The number of rotatable bonds is 37. The topological polar surface area (TPSA) is 682 Å². The van der Waals surface area contributed by atoms with E-state index in [1.54, 1.807) is 30.5 Å². The number of hydrogen-bond acceptors (Lipinski definition) is 22. The number of carbonyl (C=O) groups excluding carboxylic acids is 16. The van der Waals surface area contributed by atoms with Gasteiger partial charge in [0.1, 0.15) is 72.6 Å². The molecule has 42 nitrogen and oxygen atoms in total. The maximum atomic E-state index is 14.7. The molecule has 1 aromatic carbocycles. The Morgan fingerprint density at radius 3 is 1.62 bits per heavy atom. The number of unbranched alkanes of at least 4 members (excludes halogenated alkanes) is 5. The highest BCUT2D eigenvalue weighted by Crippen LogP contribution is 2.22. The van der Waals surface area contributed by atoms with Crippen molar-refractivity contribution in [2.45, 2.75) is 243 Å². The summed E-state index contributed by atoms with van der Waals surface area (Å²) in [6.45, 7) is 7.84. The molecule has 3 rings (SSSR count). The predicted molar refractivity (Wildman–Crippen MR) is 400 cm³/mol. The Labute approximate surface area is 655 Å². The van der Waals surface area contributed by atoms with Crippen LogP contribution in [0, 0.1) is 17.8 Å². The first-order chi connectivity index (χ1) is 53.7. The minimum Gasteiger partial charge on any atom is -0.481 e. The van der Waals surface area contributed by atoms with Crippen LogP contribution in [0.2, 0.25) is 0 Å². The standard InChI is InChI=1S/C72H109N17O25/c1-8-35(3)19-14-12-10-11-13-15-23-52(92)81-44(26-40-32-76-42-21-17-16-20-41(40)42)66(107)84-46(28-51(75)91)67(108)86-49(31-58(101)102)69(110)89-61-39(7)114-72(113)60(36(4)9-2)88-71(112)59(37(5)25-55(95)96)87-68(109)45(27-50(74)90)82-54(94)33-77-63(104)47(29-56(97)98)83-62(103)38(6)79-65(106)48(30-57(99)100)85-64(105)43(22-18-24-73)80-53(93)34-78-70(61)111/h16-17,20-21,32,35-39,43-49,59-61,76H,8-15,18-19,22-31,33-34,73H2,1-7H3,(H2,74,90)(H2,75,91)(H,77,104)(H,78,111)(H,79,106)(H,80,93)(H,81,92)(H,82,94)(H,83,103)(H,84,107)(H,85,105)(H,86,108)(H,87,109)(H,88,112)(H,89,110)(H,95,96)(H,97,98)(H,99,100)(H,101,102). The van der Waals surface area contributed by atoms with E-state index in [9.17, 15) is 116 Å². The van der Waals surface area contributed by atoms with E-state index in [0.717, 1.165) is 59.3 Å². The van der Waals surface area contributed by atoms with Crippen LogP contribution in [0.5, 0.6) is 0 Å². The van der Waals surface area contributed by atoms with Gasteiger partial charge in [0, 0.05) is 29.9 Å². The molecular weight excluding hydrogens is 1500 g/mol. The number of aliphatic carboxylic acids is 4. The van der Waals surface area contributed by atoms with Gasteiger partial charge in [-0.25, -0.2) is 4.79 Å². The first-order valence-electron chi connectivity index (χ1n) is 37.4. The molecule has 2 aromatic rings. The fourth-order valence-electron chi connectivity index (χ4n) is 11.8. The number of nitrogens with two attached hydrogens (primary N) is 3. The monoisotopic (exact) mass is 1610 g/mol. The van der Waals surface area contributed by atoms with E-state index in [0.29, 0.717) is 35.2 Å². The van der Waals surface area contributed by atoms with E-state index in [2.05, 4.69) is 77.3 Å². The molecule has 1 aromatic heterocycles. The summed E-state index contributed by atoms with van der Waals surface area (Å²) < 4.78 is 5.74. The number of benzene rings is 1. The SMILES string of the molecule is CCC(C)CCCCCCCCC(=O)NC(Cc1c[nH]c2ccccc12)C(=O)NC(CC(N)=O)C(=O)NC(CC(=O)O)C(=O)NC1C(=O)NCC(=O)NC(CCCN)C(=O)NC(CC(=O)O)C(=O)NC(C)C(=O)NC(CC(=O)O)C(=O)NCC(=O)NC(CC(N)=O)C(=O)NC(C(C)CC(=O)O)C(=O)NC(C(C)CC)C(=O)OC1C. The Bertz CT molecular complexity index is 3780. The van der Waals surface area contributed by atoms with Gasteiger partial charge in [0.05, 0.1) is 51.6 Å². The normalized spacial score (nSPS) is 21.9. The van der Waals surface area contributed by atoms with Gasteiger partial charge in [-0.15, -0.1) is 0 Å². The van der Waals surface area contributed by atoms with Crippen LogP contribution < -0.4 is 86.3 Å². The fourth-order valence-corrected chi connectivity index (χ4v) is 11.8. The third-order valence-corrected chi connectivity index (χ3v) is 18.6. The van der Waals surface area contributed by atoms with Crippen molar-refractivity contribution in [3.8, 4) is 0 Å². The second-order valence-corrected chi connectivity index (χ2v) is 28.1. The van der Waals surface area contributed by atoms with Crippen LogP contribution >= 0.6 is 0 Å². The highest BCUT2D eigenvalue weighted by Gasteiger charge is 2.41. The van der Waals surface area contributed by atoms with Crippen LogP contribution in [-0.2, 0) is 107 Å². The number of amides is 15. The first-order valence-corrected chi connectivity index (χ1v) is 37.4. The molecule has 0 radical (unpaired) electrons. The quantitative estimate of drug-likeness (QED) is 0.0224. The fraction of sp³-hybridized carbons (Fsp3) is 0.611. The Morgan fingerprint density at radius 2 is 1.04 bits per heavy atom. The van der Waals surface area contributed by atoms with Crippen LogP contribution in [0.3, 0.4) is 0 Å². The number of nitrogens with one attached hydrogen (secondary N) is 14. The third-order valence-electron chi connectivity index (χ3n) is 18.6. The number of carbonyl (C=O) groups is 20. The second-order valence-electron chi connectivity index (χ2n) is 28.1. The van der Waals surface area contributed by atoms with Crippen molar-refractivity contribution in [1.82, 2.24) is 74.1 Å². The largest absolute Gasteiger partial charge is 0.481 e.